The molecular formula is C16H16N2S2. The van der Waals surface area contributed by atoms with Crippen molar-refractivity contribution in [3.63, 3.8) is 0 Å². The molecule has 4 heteroatoms. The van der Waals surface area contributed by atoms with Gasteiger partial charge in [0.05, 0.1) is 0 Å². The molecule has 0 aliphatic carbocycles. The van der Waals surface area contributed by atoms with E-state index >= 15 is 0 Å². The summed E-state index contributed by atoms with van der Waals surface area (Å²) in [4.78, 5) is 3.49. The van der Waals surface area contributed by atoms with Crippen LogP contribution in [0, 0.1) is 0 Å². The van der Waals surface area contributed by atoms with Crippen LogP contribution in [0.2, 0.25) is 0 Å². The number of para-hydroxylation sites is 1. The van der Waals surface area contributed by atoms with Gasteiger partial charge in [-0.1, -0.05) is 30.3 Å². The zero-order valence-corrected chi connectivity index (χ0v) is 12.9. The van der Waals surface area contributed by atoms with Crippen molar-refractivity contribution in [1.29, 1.82) is 0 Å². The Morgan fingerprint density at radius 2 is 1.90 bits per heavy atom. The molecule has 1 aliphatic rings. The van der Waals surface area contributed by atoms with E-state index in [2.05, 4.69) is 58.9 Å². The SMILES string of the molecule is CSc1ccc(CN2Cc3ccccc3NC2=S)cc1. The second-order valence-electron chi connectivity index (χ2n) is 4.79. The number of thioether (sulfide) groups is 1. The van der Waals surface area contributed by atoms with Crippen molar-refractivity contribution in [3.8, 4) is 0 Å². The first-order valence-electron chi connectivity index (χ1n) is 6.53. The van der Waals surface area contributed by atoms with Gasteiger partial charge in [0.25, 0.3) is 0 Å². The number of fused-ring (bicyclic) bond motifs is 1. The standard InChI is InChI=1S/C16H16N2S2/c1-20-14-8-6-12(7-9-14)10-18-11-13-4-2-3-5-15(13)17-16(18)19/h2-9H,10-11H2,1H3,(H,17,19). The molecule has 2 nitrogen and oxygen atoms in total. The lowest BCUT2D eigenvalue weighted by Gasteiger charge is -2.32. The van der Waals surface area contributed by atoms with Gasteiger partial charge >= 0.3 is 0 Å². The Labute approximate surface area is 129 Å². The van der Waals surface area contributed by atoms with E-state index in [1.165, 1.54) is 16.0 Å². The summed E-state index contributed by atoms with van der Waals surface area (Å²) in [6, 6.07) is 17.0. The van der Waals surface area contributed by atoms with Crippen LogP contribution in [0.15, 0.2) is 53.4 Å². The molecule has 102 valence electrons. The van der Waals surface area contributed by atoms with Crippen molar-refractivity contribution in [2.75, 3.05) is 11.6 Å². The predicted octanol–water partition coefficient (Wildman–Crippen LogP) is 4.12. The Morgan fingerprint density at radius 1 is 1.15 bits per heavy atom. The van der Waals surface area contributed by atoms with Crippen molar-refractivity contribution in [2.45, 2.75) is 18.0 Å². The zero-order chi connectivity index (χ0) is 13.9. The topological polar surface area (TPSA) is 15.3 Å². The monoisotopic (exact) mass is 300 g/mol. The molecule has 1 heterocycles. The summed E-state index contributed by atoms with van der Waals surface area (Å²) in [7, 11) is 0. The Balaban J connectivity index is 1.76. The summed E-state index contributed by atoms with van der Waals surface area (Å²) < 4.78 is 0. The quantitative estimate of drug-likeness (QED) is 0.677. The van der Waals surface area contributed by atoms with E-state index < -0.39 is 0 Å². The highest BCUT2D eigenvalue weighted by molar-refractivity contribution is 7.98. The van der Waals surface area contributed by atoms with Gasteiger partial charge in [0.15, 0.2) is 5.11 Å². The molecule has 2 aromatic carbocycles. The highest BCUT2D eigenvalue weighted by atomic mass is 32.2. The van der Waals surface area contributed by atoms with Crippen LogP contribution in [-0.2, 0) is 13.1 Å². The minimum atomic E-state index is 0.803. The van der Waals surface area contributed by atoms with Gasteiger partial charge in [0.1, 0.15) is 0 Å². The lowest BCUT2D eigenvalue weighted by Crippen LogP contribution is -2.37. The minimum Gasteiger partial charge on any atom is -0.340 e. The molecule has 0 radical (unpaired) electrons. The van der Waals surface area contributed by atoms with Crippen LogP contribution in [0.5, 0.6) is 0 Å². The van der Waals surface area contributed by atoms with Gasteiger partial charge in [-0.3, -0.25) is 0 Å². The molecule has 1 N–H and O–H groups in total. The maximum absolute atomic E-state index is 5.46. The molecule has 0 bridgehead atoms. The maximum atomic E-state index is 5.46. The highest BCUT2D eigenvalue weighted by Crippen LogP contribution is 2.24. The lowest BCUT2D eigenvalue weighted by molar-refractivity contribution is 0.407. The van der Waals surface area contributed by atoms with Gasteiger partial charge in [-0.2, -0.15) is 0 Å². The maximum Gasteiger partial charge on any atom is 0.174 e. The number of thiocarbonyl (C=S) groups is 1. The third-order valence-corrected chi connectivity index (χ3v) is 4.54. The summed E-state index contributed by atoms with van der Waals surface area (Å²) >= 11 is 7.22. The first-order valence-corrected chi connectivity index (χ1v) is 8.16. The van der Waals surface area contributed by atoms with E-state index in [-0.39, 0.29) is 0 Å². The van der Waals surface area contributed by atoms with Crippen molar-refractivity contribution >= 4 is 34.8 Å². The van der Waals surface area contributed by atoms with Crippen molar-refractivity contribution in [1.82, 2.24) is 4.90 Å². The molecule has 0 saturated heterocycles. The van der Waals surface area contributed by atoms with Gasteiger partial charge in [0, 0.05) is 23.7 Å². The first-order chi connectivity index (χ1) is 9.76. The molecule has 20 heavy (non-hydrogen) atoms. The van der Waals surface area contributed by atoms with Gasteiger partial charge < -0.3 is 10.2 Å². The zero-order valence-electron chi connectivity index (χ0n) is 11.3. The molecule has 3 rings (SSSR count). The van der Waals surface area contributed by atoms with E-state index in [9.17, 15) is 0 Å². The van der Waals surface area contributed by atoms with E-state index in [1.54, 1.807) is 11.8 Å². The molecule has 2 aromatic rings. The fourth-order valence-electron chi connectivity index (χ4n) is 2.33. The Kier molecular flexibility index (Phi) is 3.94. The van der Waals surface area contributed by atoms with E-state index in [1.807, 2.05) is 6.07 Å². The summed E-state index contributed by atoms with van der Waals surface area (Å²) in [5, 5.41) is 4.11. The normalized spacial score (nSPS) is 13.8. The smallest absolute Gasteiger partial charge is 0.174 e. The van der Waals surface area contributed by atoms with E-state index in [0.717, 1.165) is 23.9 Å². The molecule has 0 saturated carbocycles. The van der Waals surface area contributed by atoms with Gasteiger partial charge in [-0.25, -0.2) is 0 Å². The number of nitrogens with one attached hydrogen (secondary N) is 1. The number of hydrogen-bond donors (Lipinski definition) is 1. The molecule has 0 unspecified atom stereocenters. The molecule has 1 aliphatic heterocycles. The summed E-state index contributed by atoms with van der Waals surface area (Å²) in [6.07, 6.45) is 2.09. The lowest BCUT2D eigenvalue weighted by atomic mass is 10.1. The average molecular weight is 300 g/mol. The van der Waals surface area contributed by atoms with Crippen LogP contribution in [-0.4, -0.2) is 16.3 Å². The van der Waals surface area contributed by atoms with Crippen molar-refractivity contribution < 1.29 is 0 Å². The summed E-state index contributed by atoms with van der Waals surface area (Å²) in [6.45, 7) is 1.71. The van der Waals surface area contributed by atoms with Crippen molar-refractivity contribution in [3.05, 3.63) is 59.7 Å². The second kappa shape index (κ2) is 5.85. The van der Waals surface area contributed by atoms with E-state index in [4.69, 9.17) is 12.2 Å². The molecule has 0 spiro atoms. The molecule has 0 fully saturated rings. The fourth-order valence-corrected chi connectivity index (χ4v) is 2.98. The van der Waals surface area contributed by atoms with Gasteiger partial charge in [0.2, 0.25) is 0 Å². The molecule has 0 amide bonds. The van der Waals surface area contributed by atoms with Crippen LogP contribution in [0.25, 0.3) is 0 Å². The van der Waals surface area contributed by atoms with Crippen LogP contribution < -0.4 is 5.32 Å². The first kappa shape index (κ1) is 13.5. The fraction of sp³-hybridized carbons (Fsp3) is 0.188. The minimum absolute atomic E-state index is 0.803. The van der Waals surface area contributed by atoms with Gasteiger partial charge in [-0.05, 0) is 47.8 Å². The molecule has 0 atom stereocenters. The number of nitrogens with zero attached hydrogens (tertiary/aromatic N) is 1. The number of anilines is 1. The second-order valence-corrected chi connectivity index (χ2v) is 6.06. The van der Waals surface area contributed by atoms with Crippen LogP contribution in [0.3, 0.4) is 0 Å². The largest absolute Gasteiger partial charge is 0.340 e. The Hall–Kier alpha value is -1.52. The number of hydrogen-bond acceptors (Lipinski definition) is 2. The predicted molar refractivity (Wildman–Crippen MR) is 90.1 cm³/mol. The van der Waals surface area contributed by atoms with E-state index in [0.29, 0.717) is 0 Å². The number of rotatable bonds is 3. The van der Waals surface area contributed by atoms with Crippen molar-refractivity contribution in [2.24, 2.45) is 0 Å². The average Bonchev–Trinajstić information content (AvgIpc) is 2.49. The third kappa shape index (κ3) is 2.81. The summed E-state index contributed by atoms with van der Waals surface area (Å²) in [5.41, 5.74) is 3.71. The third-order valence-electron chi connectivity index (χ3n) is 3.44. The Morgan fingerprint density at radius 3 is 2.65 bits per heavy atom. The van der Waals surface area contributed by atoms with Gasteiger partial charge in [-0.15, -0.1) is 11.8 Å². The number of benzene rings is 2. The highest BCUT2D eigenvalue weighted by Gasteiger charge is 2.18. The van der Waals surface area contributed by atoms with Crippen LogP contribution >= 0.6 is 24.0 Å². The molecular weight excluding hydrogens is 284 g/mol. The van der Waals surface area contributed by atoms with Crippen LogP contribution in [0.4, 0.5) is 5.69 Å². The summed E-state index contributed by atoms with van der Waals surface area (Å²) in [5.74, 6) is 0. The van der Waals surface area contributed by atoms with Crippen LogP contribution in [0.1, 0.15) is 11.1 Å². The molecule has 0 aromatic heterocycles. The Bertz CT molecular complexity index is 623.